The van der Waals surface area contributed by atoms with Gasteiger partial charge in [-0.1, -0.05) is 62.7 Å². The Hall–Kier alpha value is -6.97. The zero-order chi connectivity index (χ0) is 54.5. The summed E-state index contributed by atoms with van der Waals surface area (Å²) < 4.78 is 0. The van der Waals surface area contributed by atoms with Crippen molar-refractivity contribution < 1.29 is 68.1 Å². The summed E-state index contributed by atoms with van der Waals surface area (Å²) >= 11 is 7.94. The van der Waals surface area contributed by atoms with Crippen molar-refractivity contribution in [1.29, 1.82) is 0 Å². The van der Waals surface area contributed by atoms with Gasteiger partial charge in [0.25, 0.3) is 0 Å². The molecule has 16 N–H and O–H groups in total. The normalized spacial score (nSPS) is 16.8. The number of phenols is 1. The first-order valence-corrected chi connectivity index (χ1v) is 24.4. The summed E-state index contributed by atoms with van der Waals surface area (Å²) in [6.45, 7) is 2.25. The van der Waals surface area contributed by atoms with Crippen molar-refractivity contribution in [3.8, 4) is 5.75 Å². The number of aliphatic hydroxyl groups is 1. The summed E-state index contributed by atoms with van der Waals surface area (Å²) in [6, 6.07) is 1.25. The monoisotopic (exact) mass is 1060 g/mol. The second kappa shape index (κ2) is 29.5. The molecule has 3 rings (SSSR count). The number of carbonyl (C=O) groups is 11. The van der Waals surface area contributed by atoms with Crippen molar-refractivity contribution in [2.45, 2.75) is 113 Å². The molecule has 1 heterocycles. The van der Waals surface area contributed by atoms with Gasteiger partial charge in [-0.2, -0.15) is 25.3 Å². The number of amides is 10. The van der Waals surface area contributed by atoms with Gasteiger partial charge < -0.3 is 74.6 Å². The van der Waals surface area contributed by atoms with E-state index in [9.17, 15) is 68.1 Å². The van der Waals surface area contributed by atoms with E-state index in [2.05, 4.69) is 62.5 Å². The van der Waals surface area contributed by atoms with Crippen molar-refractivity contribution in [1.82, 2.24) is 42.1 Å². The fourth-order valence-corrected chi connectivity index (χ4v) is 7.91. The number of likely N-dealkylation sites (tertiary alicyclic amines) is 1. The summed E-state index contributed by atoms with van der Waals surface area (Å²) in [5.41, 5.74) is 17.7. The van der Waals surface area contributed by atoms with E-state index < -0.39 is 145 Å². The van der Waals surface area contributed by atoms with Crippen LogP contribution in [-0.2, 0) is 65.6 Å². The molecular weight excluding hydrogens is 995 g/mol. The Balaban J connectivity index is 1.89. The minimum Gasteiger partial charge on any atom is -0.508 e. The molecule has 0 bridgehead atoms. The van der Waals surface area contributed by atoms with Gasteiger partial charge in [-0.3, -0.25) is 47.9 Å². The number of phenolic OH excluding ortho intramolecular Hbond substituents is 1. The second-order valence-corrected chi connectivity index (χ2v) is 18.1. The molecule has 0 spiro atoms. The summed E-state index contributed by atoms with van der Waals surface area (Å²) in [7, 11) is 0. The predicted octanol–water partition coefficient (Wildman–Crippen LogP) is -4.38. The fourth-order valence-electron chi connectivity index (χ4n) is 7.49. The number of carbonyl (C=O) groups excluding carboxylic acids is 10. The largest absolute Gasteiger partial charge is 0.508 e. The lowest BCUT2D eigenvalue weighted by molar-refractivity contribution is -0.142. The molecule has 0 saturated carbocycles. The Labute approximate surface area is 431 Å². The molecule has 0 unspecified atom stereocenters. The number of hydrogen-bond donors (Lipinski definition) is 15. The summed E-state index contributed by atoms with van der Waals surface area (Å²) in [6.07, 6.45) is -1.04. The number of aliphatic carboxylic acids is 1. The number of primary amides is 2. The minimum atomic E-state index is -1.91. The van der Waals surface area contributed by atoms with Crippen LogP contribution in [0.3, 0.4) is 0 Å². The van der Waals surface area contributed by atoms with Gasteiger partial charge in [0.1, 0.15) is 54.1 Å². The minimum absolute atomic E-state index is 0.00439. The quantitative estimate of drug-likeness (QED) is 0.0342. The number of aromatic hydroxyl groups is 1. The van der Waals surface area contributed by atoms with Crippen LogP contribution in [0, 0.1) is 5.92 Å². The predicted molar refractivity (Wildman–Crippen MR) is 268 cm³/mol. The van der Waals surface area contributed by atoms with Crippen molar-refractivity contribution >= 4 is 90.3 Å². The molecular formula is C46H65N11O14S2. The van der Waals surface area contributed by atoms with Gasteiger partial charge >= 0.3 is 5.97 Å². The SMILES string of the molecule is CC[C@H](C)[C@H](NC(=O)[C@H](Cc1ccc(O)cc1)NC(=O)[C@@H]1CCCN1C(=O)[C@H](Cc1ccccc1)NC(=O)[C@@H](N)CS)C(=O)N[C@@H](CC(N)=O)C(=O)N[C@@H](CO)C(=O)N[C@@H](CC(N)=O)C(=O)N[C@@H](CS)C(=O)O. The Morgan fingerprint density at radius 2 is 1.14 bits per heavy atom. The van der Waals surface area contributed by atoms with Crippen LogP contribution in [0.4, 0.5) is 0 Å². The van der Waals surface area contributed by atoms with E-state index in [0.29, 0.717) is 17.5 Å². The van der Waals surface area contributed by atoms with Gasteiger partial charge in [0, 0.05) is 30.9 Å². The van der Waals surface area contributed by atoms with Crippen LogP contribution in [0.15, 0.2) is 54.6 Å². The Bertz CT molecular complexity index is 2300. The average molecular weight is 1060 g/mol. The van der Waals surface area contributed by atoms with Crippen molar-refractivity contribution in [2.75, 3.05) is 24.7 Å². The second-order valence-electron chi connectivity index (χ2n) is 17.3. The third kappa shape index (κ3) is 18.9. The van der Waals surface area contributed by atoms with Gasteiger partial charge in [-0.05, 0) is 42.0 Å². The number of nitrogens with zero attached hydrogens (tertiary/aromatic N) is 1. The standard InChI is InChI=1S/C46H65N11O14S2/c1-3-23(2)37(44(68)52-30(19-36(49)61)39(63)54-32(20-58)42(66)50-29(18-35(48)60)40(64)55-33(22-73)46(70)71)56-41(65)28(16-25-11-13-26(59)14-12-25)51-43(67)34-10-7-15-57(34)45(69)31(53-38(62)27(47)21-72)17-24-8-5-4-6-9-24/h4-6,8-9,11-14,23,27-34,37,58-59,72-73H,3,7,10,15-22,47H2,1-2H3,(H2,48,60)(H2,49,61)(H,50,66)(H,51,67)(H,52,68)(H,53,62)(H,54,63)(H,55,64)(H,56,65)(H,70,71)/t23-,27-,28-,29-,30-,31-,32-,33-,34-,37-/m0/s1. The highest BCUT2D eigenvalue weighted by atomic mass is 32.1. The van der Waals surface area contributed by atoms with Gasteiger partial charge in [0.05, 0.1) is 25.5 Å². The maximum absolute atomic E-state index is 14.4. The summed E-state index contributed by atoms with van der Waals surface area (Å²) in [5.74, 6) is -12.5. The van der Waals surface area contributed by atoms with Gasteiger partial charge in [0.2, 0.25) is 59.1 Å². The van der Waals surface area contributed by atoms with Crippen LogP contribution in [0.25, 0.3) is 0 Å². The van der Waals surface area contributed by atoms with E-state index in [1.54, 1.807) is 44.2 Å². The van der Waals surface area contributed by atoms with E-state index in [1.807, 2.05) is 0 Å². The summed E-state index contributed by atoms with van der Waals surface area (Å²) in [5, 5.41) is 46.0. The maximum Gasteiger partial charge on any atom is 0.327 e. The number of nitrogens with one attached hydrogen (secondary N) is 7. The van der Waals surface area contributed by atoms with Gasteiger partial charge in [-0.15, -0.1) is 0 Å². The summed E-state index contributed by atoms with van der Waals surface area (Å²) in [4.78, 5) is 146. The lowest BCUT2D eigenvalue weighted by atomic mass is 9.96. The number of nitrogens with two attached hydrogens (primary N) is 3. The van der Waals surface area contributed by atoms with Gasteiger partial charge in [-0.25, -0.2) is 4.79 Å². The lowest BCUT2D eigenvalue weighted by Crippen LogP contribution is -2.62. The molecule has 2 aromatic rings. The zero-order valence-electron chi connectivity index (χ0n) is 40.2. The highest BCUT2D eigenvalue weighted by Crippen LogP contribution is 2.21. The first-order chi connectivity index (χ1) is 34.5. The molecule has 10 atom stereocenters. The lowest BCUT2D eigenvalue weighted by Gasteiger charge is -2.31. The number of benzene rings is 2. The molecule has 2 aromatic carbocycles. The third-order valence-electron chi connectivity index (χ3n) is 11.8. The maximum atomic E-state index is 14.4. The molecule has 0 radical (unpaired) electrons. The molecule has 1 aliphatic heterocycles. The molecule has 25 nitrogen and oxygen atoms in total. The molecule has 1 fully saturated rings. The van der Waals surface area contributed by atoms with E-state index in [1.165, 1.54) is 29.2 Å². The molecule has 1 aliphatic rings. The number of thiol groups is 2. The molecule has 27 heteroatoms. The van der Waals surface area contributed by atoms with Crippen LogP contribution in [0.5, 0.6) is 5.75 Å². The van der Waals surface area contributed by atoms with Crippen LogP contribution in [0.2, 0.25) is 0 Å². The topological polar surface area (TPSA) is 414 Å². The van der Waals surface area contributed by atoms with E-state index in [0.717, 1.165) is 0 Å². The highest BCUT2D eigenvalue weighted by Gasteiger charge is 2.41. The molecule has 73 heavy (non-hydrogen) atoms. The molecule has 400 valence electrons. The van der Waals surface area contributed by atoms with Crippen molar-refractivity contribution in [3.05, 3.63) is 65.7 Å². The Morgan fingerprint density at radius 1 is 0.644 bits per heavy atom. The number of rotatable bonds is 29. The number of hydrogen-bond acceptors (Lipinski definition) is 16. The van der Waals surface area contributed by atoms with E-state index >= 15 is 0 Å². The molecule has 10 amide bonds. The first-order valence-electron chi connectivity index (χ1n) is 23.2. The van der Waals surface area contributed by atoms with Crippen LogP contribution < -0.4 is 54.4 Å². The van der Waals surface area contributed by atoms with Gasteiger partial charge in [0.15, 0.2) is 0 Å². The Kier molecular flexibility index (Phi) is 24.4. The Morgan fingerprint density at radius 3 is 1.66 bits per heavy atom. The van der Waals surface area contributed by atoms with E-state index in [-0.39, 0.29) is 49.5 Å². The number of carboxylic acid groups (broad SMARTS) is 1. The third-order valence-corrected chi connectivity index (χ3v) is 12.5. The molecule has 0 aromatic heterocycles. The fraction of sp³-hybridized carbons (Fsp3) is 0.500. The highest BCUT2D eigenvalue weighted by molar-refractivity contribution is 7.80. The molecule has 0 aliphatic carbocycles. The zero-order valence-corrected chi connectivity index (χ0v) is 41.9. The smallest absolute Gasteiger partial charge is 0.327 e. The first kappa shape index (κ1) is 60.3. The number of carboxylic acids is 1. The molecule has 1 saturated heterocycles. The van der Waals surface area contributed by atoms with Crippen molar-refractivity contribution in [2.24, 2.45) is 23.1 Å². The van der Waals surface area contributed by atoms with Crippen molar-refractivity contribution in [3.63, 3.8) is 0 Å². The average Bonchev–Trinajstić information content (AvgIpc) is 3.85. The van der Waals surface area contributed by atoms with Crippen LogP contribution in [0.1, 0.15) is 57.1 Å². The number of aliphatic hydroxyl groups excluding tert-OH is 1. The van der Waals surface area contributed by atoms with Crippen LogP contribution >= 0.6 is 25.3 Å². The van der Waals surface area contributed by atoms with E-state index in [4.69, 9.17) is 17.2 Å². The van der Waals surface area contributed by atoms with Crippen LogP contribution in [-0.4, -0.2) is 164 Å².